The molecule has 3 rings (SSSR count). The minimum atomic E-state index is 0. The molecule has 21 heavy (non-hydrogen) atoms. The zero-order chi connectivity index (χ0) is 13.8. The first-order chi connectivity index (χ1) is 9.83. The molecule has 3 nitrogen and oxygen atoms in total. The molecule has 1 aromatic rings. The van der Waals surface area contributed by atoms with E-state index in [1.54, 1.807) is 0 Å². The third-order valence-electron chi connectivity index (χ3n) is 4.53. The molecule has 4 heteroatoms. The van der Waals surface area contributed by atoms with Gasteiger partial charge < -0.3 is 10.2 Å². The van der Waals surface area contributed by atoms with Gasteiger partial charge in [-0.15, -0.1) is 12.4 Å². The molecule has 1 N–H and O–H groups in total. The molecule has 1 aromatic carbocycles. The third kappa shape index (κ3) is 4.21. The van der Waals surface area contributed by atoms with Gasteiger partial charge in [0.1, 0.15) is 0 Å². The van der Waals surface area contributed by atoms with Crippen LogP contribution in [0.3, 0.4) is 0 Å². The molecule has 2 saturated heterocycles. The molecular formula is C17H25ClN2O. The van der Waals surface area contributed by atoms with Crippen molar-refractivity contribution in [2.75, 3.05) is 26.2 Å². The third-order valence-corrected chi connectivity index (χ3v) is 4.53. The maximum Gasteiger partial charge on any atom is 0.226 e. The Balaban J connectivity index is 0.00000161. The van der Waals surface area contributed by atoms with E-state index in [9.17, 15) is 4.79 Å². The normalized spacial score (nSPS) is 21.9. The number of piperidine rings is 1. The summed E-state index contributed by atoms with van der Waals surface area (Å²) in [6.07, 6.45) is 5.41. The lowest BCUT2D eigenvalue weighted by Gasteiger charge is -2.23. The molecule has 0 bridgehead atoms. The van der Waals surface area contributed by atoms with Crippen LogP contribution in [0.5, 0.6) is 0 Å². The largest absolute Gasteiger partial charge is 0.342 e. The second kappa shape index (κ2) is 7.81. The van der Waals surface area contributed by atoms with Gasteiger partial charge in [0.2, 0.25) is 5.91 Å². The van der Waals surface area contributed by atoms with E-state index in [0.29, 0.717) is 18.2 Å². The number of nitrogens with one attached hydrogen (secondary N) is 1. The zero-order valence-electron chi connectivity index (χ0n) is 12.5. The number of nitrogens with zero attached hydrogens (tertiary/aromatic N) is 1. The summed E-state index contributed by atoms with van der Waals surface area (Å²) >= 11 is 0. The number of halogens is 1. The molecule has 0 spiro atoms. The fourth-order valence-corrected chi connectivity index (χ4v) is 3.35. The second-order valence-electron chi connectivity index (χ2n) is 6.05. The van der Waals surface area contributed by atoms with Gasteiger partial charge in [-0.05, 0) is 49.3 Å². The predicted octanol–water partition coefficient (Wildman–Crippen LogP) is 2.74. The molecule has 2 aliphatic heterocycles. The lowest BCUT2D eigenvalue weighted by Crippen LogP contribution is -2.29. The number of benzene rings is 1. The number of hydrogen-bond donors (Lipinski definition) is 1. The number of rotatable bonds is 3. The molecule has 0 aliphatic carbocycles. The SMILES string of the molecule is Cl.O=C(Cc1cccc(C2CCCNC2)c1)N1CCCC1. The van der Waals surface area contributed by atoms with Gasteiger partial charge in [-0.2, -0.15) is 0 Å². The molecule has 2 fully saturated rings. The average Bonchev–Trinajstić information content (AvgIpc) is 3.03. The van der Waals surface area contributed by atoms with Gasteiger partial charge >= 0.3 is 0 Å². The van der Waals surface area contributed by atoms with Crippen LogP contribution in [0.1, 0.15) is 42.7 Å². The van der Waals surface area contributed by atoms with Crippen LogP contribution in [0.15, 0.2) is 24.3 Å². The Morgan fingerprint density at radius 1 is 1.24 bits per heavy atom. The van der Waals surface area contributed by atoms with Crippen molar-refractivity contribution in [3.8, 4) is 0 Å². The minimum Gasteiger partial charge on any atom is -0.342 e. The van der Waals surface area contributed by atoms with Crippen molar-refractivity contribution < 1.29 is 4.79 Å². The van der Waals surface area contributed by atoms with Crippen molar-refractivity contribution in [2.24, 2.45) is 0 Å². The summed E-state index contributed by atoms with van der Waals surface area (Å²) in [4.78, 5) is 14.2. The van der Waals surface area contributed by atoms with E-state index in [-0.39, 0.29) is 12.4 Å². The maximum absolute atomic E-state index is 12.2. The van der Waals surface area contributed by atoms with Crippen molar-refractivity contribution in [1.82, 2.24) is 10.2 Å². The number of carbonyl (C=O) groups is 1. The van der Waals surface area contributed by atoms with E-state index < -0.39 is 0 Å². The Morgan fingerprint density at radius 3 is 2.76 bits per heavy atom. The van der Waals surface area contributed by atoms with Crippen molar-refractivity contribution in [2.45, 2.75) is 38.0 Å². The Kier molecular flexibility index (Phi) is 6.07. The van der Waals surface area contributed by atoms with E-state index in [1.807, 2.05) is 4.90 Å². The first-order valence-electron chi connectivity index (χ1n) is 7.90. The van der Waals surface area contributed by atoms with Gasteiger partial charge in [-0.25, -0.2) is 0 Å². The first-order valence-corrected chi connectivity index (χ1v) is 7.90. The minimum absolute atomic E-state index is 0. The average molecular weight is 309 g/mol. The Hall–Kier alpha value is -1.06. The summed E-state index contributed by atoms with van der Waals surface area (Å²) in [7, 11) is 0. The number of likely N-dealkylation sites (tertiary alicyclic amines) is 1. The smallest absolute Gasteiger partial charge is 0.226 e. The van der Waals surface area contributed by atoms with Crippen molar-refractivity contribution in [3.05, 3.63) is 35.4 Å². The van der Waals surface area contributed by atoms with Crippen LogP contribution >= 0.6 is 12.4 Å². The fraction of sp³-hybridized carbons (Fsp3) is 0.588. The number of carbonyl (C=O) groups excluding carboxylic acids is 1. The number of amides is 1. The summed E-state index contributed by atoms with van der Waals surface area (Å²) in [5.74, 6) is 0.909. The quantitative estimate of drug-likeness (QED) is 0.931. The monoisotopic (exact) mass is 308 g/mol. The molecule has 0 saturated carbocycles. The van der Waals surface area contributed by atoms with Crippen molar-refractivity contribution in [1.29, 1.82) is 0 Å². The highest BCUT2D eigenvalue weighted by atomic mass is 35.5. The highest BCUT2D eigenvalue weighted by Gasteiger charge is 2.19. The maximum atomic E-state index is 12.2. The van der Waals surface area contributed by atoms with Crippen LogP contribution in [-0.2, 0) is 11.2 Å². The molecule has 0 aromatic heterocycles. The predicted molar refractivity (Wildman–Crippen MR) is 88.1 cm³/mol. The van der Waals surface area contributed by atoms with Gasteiger partial charge in [0.15, 0.2) is 0 Å². The van der Waals surface area contributed by atoms with Crippen LogP contribution in [0, 0.1) is 0 Å². The molecule has 2 heterocycles. The fourth-order valence-electron chi connectivity index (χ4n) is 3.35. The molecule has 116 valence electrons. The van der Waals surface area contributed by atoms with Gasteiger partial charge in [0.05, 0.1) is 6.42 Å². The standard InChI is InChI=1S/C17H24N2O.ClH/c20-17(19-9-1-2-10-19)12-14-5-3-6-15(11-14)16-7-4-8-18-13-16;/h3,5-6,11,16,18H,1-2,4,7-10,12-13H2;1H. The van der Waals surface area contributed by atoms with Crippen LogP contribution in [0.4, 0.5) is 0 Å². The highest BCUT2D eigenvalue weighted by Crippen LogP contribution is 2.24. The molecule has 0 radical (unpaired) electrons. The number of hydrogen-bond acceptors (Lipinski definition) is 2. The summed E-state index contributed by atoms with van der Waals surface area (Å²) in [6, 6.07) is 8.65. The van der Waals surface area contributed by atoms with Crippen LogP contribution in [-0.4, -0.2) is 37.0 Å². The van der Waals surface area contributed by atoms with Crippen molar-refractivity contribution in [3.63, 3.8) is 0 Å². The van der Waals surface area contributed by atoms with E-state index in [2.05, 4.69) is 29.6 Å². The van der Waals surface area contributed by atoms with Crippen LogP contribution < -0.4 is 5.32 Å². The molecular weight excluding hydrogens is 284 g/mol. The van der Waals surface area contributed by atoms with Gasteiger partial charge in [0, 0.05) is 19.6 Å². The highest BCUT2D eigenvalue weighted by molar-refractivity contribution is 5.85. The van der Waals surface area contributed by atoms with Crippen LogP contribution in [0.2, 0.25) is 0 Å². The van der Waals surface area contributed by atoms with Gasteiger partial charge in [0.25, 0.3) is 0 Å². The summed E-state index contributed by atoms with van der Waals surface area (Å²) in [5.41, 5.74) is 2.56. The van der Waals surface area contributed by atoms with Gasteiger partial charge in [-0.3, -0.25) is 4.79 Å². The second-order valence-corrected chi connectivity index (χ2v) is 6.05. The summed E-state index contributed by atoms with van der Waals surface area (Å²) < 4.78 is 0. The lowest BCUT2D eigenvalue weighted by atomic mass is 9.90. The van der Waals surface area contributed by atoms with E-state index in [0.717, 1.165) is 26.2 Å². The zero-order valence-corrected chi connectivity index (χ0v) is 13.3. The summed E-state index contributed by atoms with van der Waals surface area (Å²) in [6.45, 7) is 4.11. The van der Waals surface area contributed by atoms with Gasteiger partial charge in [-0.1, -0.05) is 24.3 Å². The Bertz CT molecular complexity index is 466. The summed E-state index contributed by atoms with van der Waals surface area (Å²) in [5, 5.41) is 3.46. The van der Waals surface area contributed by atoms with E-state index in [1.165, 1.54) is 36.8 Å². The Labute approximate surface area is 133 Å². The molecule has 1 amide bonds. The topological polar surface area (TPSA) is 32.3 Å². The van der Waals surface area contributed by atoms with E-state index in [4.69, 9.17) is 0 Å². The molecule has 1 atom stereocenters. The molecule has 1 unspecified atom stereocenters. The van der Waals surface area contributed by atoms with Crippen molar-refractivity contribution >= 4 is 18.3 Å². The first kappa shape index (κ1) is 16.3. The lowest BCUT2D eigenvalue weighted by molar-refractivity contribution is -0.129. The van der Waals surface area contributed by atoms with E-state index >= 15 is 0 Å². The Morgan fingerprint density at radius 2 is 2.05 bits per heavy atom. The van der Waals surface area contributed by atoms with Crippen LogP contribution in [0.25, 0.3) is 0 Å². The molecule has 2 aliphatic rings.